The highest BCUT2D eigenvalue weighted by molar-refractivity contribution is 6.20. The Labute approximate surface area is 105 Å². The largest absolute Gasteiger partial charge is 0.327 e. The third kappa shape index (κ3) is 2.29. The van der Waals surface area contributed by atoms with E-state index in [1.807, 2.05) is 17.6 Å². The molecule has 1 unspecified atom stereocenters. The van der Waals surface area contributed by atoms with Gasteiger partial charge in [0.2, 0.25) is 0 Å². The maximum absolute atomic E-state index is 13.6. The second-order valence-corrected chi connectivity index (χ2v) is 4.85. The van der Waals surface area contributed by atoms with Crippen molar-refractivity contribution in [2.24, 2.45) is 0 Å². The number of benzene rings is 1. The van der Waals surface area contributed by atoms with Crippen LogP contribution in [0.3, 0.4) is 0 Å². The third-order valence-electron chi connectivity index (χ3n) is 2.85. The molecular formula is C13H16ClFN2. The number of rotatable bonds is 4. The van der Waals surface area contributed by atoms with E-state index in [4.69, 9.17) is 11.6 Å². The number of hydrogen-bond donors (Lipinski definition) is 0. The van der Waals surface area contributed by atoms with Gasteiger partial charge in [-0.2, -0.15) is 0 Å². The van der Waals surface area contributed by atoms with Gasteiger partial charge in [-0.25, -0.2) is 9.37 Å². The fourth-order valence-corrected chi connectivity index (χ4v) is 2.15. The number of aromatic nitrogens is 2. The van der Waals surface area contributed by atoms with Gasteiger partial charge in [-0.05, 0) is 25.5 Å². The van der Waals surface area contributed by atoms with Gasteiger partial charge in [0.1, 0.15) is 11.3 Å². The standard InChI is InChI=1S/C13H16ClFN2/c1-3-4-8-17-11-7-5-6-10(15)12(11)16-13(17)9(2)14/h5-7,9H,3-4,8H2,1-2H3. The van der Waals surface area contributed by atoms with Crippen LogP contribution in [-0.4, -0.2) is 9.55 Å². The number of unbranched alkanes of at least 4 members (excludes halogenated alkanes) is 1. The Morgan fingerprint density at radius 1 is 1.47 bits per heavy atom. The van der Waals surface area contributed by atoms with Gasteiger partial charge in [0.25, 0.3) is 0 Å². The van der Waals surface area contributed by atoms with Crippen molar-refractivity contribution in [3.8, 4) is 0 Å². The van der Waals surface area contributed by atoms with E-state index < -0.39 is 0 Å². The van der Waals surface area contributed by atoms with Gasteiger partial charge >= 0.3 is 0 Å². The van der Waals surface area contributed by atoms with Gasteiger partial charge < -0.3 is 4.57 Å². The molecule has 1 aromatic carbocycles. The highest BCUT2D eigenvalue weighted by atomic mass is 35.5. The summed E-state index contributed by atoms with van der Waals surface area (Å²) >= 11 is 6.11. The fourth-order valence-electron chi connectivity index (χ4n) is 1.99. The SMILES string of the molecule is CCCCn1c(C(C)Cl)nc2c(F)cccc21. The number of hydrogen-bond acceptors (Lipinski definition) is 1. The summed E-state index contributed by atoms with van der Waals surface area (Å²) in [6.45, 7) is 4.83. The van der Waals surface area contributed by atoms with Crippen molar-refractivity contribution in [3.05, 3.63) is 29.8 Å². The van der Waals surface area contributed by atoms with Crippen LogP contribution in [0.2, 0.25) is 0 Å². The van der Waals surface area contributed by atoms with Crippen LogP contribution >= 0.6 is 11.6 Å². The Morgan fingerprint density at radius 2 is 2.24 bits per heavy atom. The van der Waals surface area contributed by atoms with Gasteiger partial charge in [-0.3, -0.25) is 0 Å². The molecule has 1 aromatic heterocycles. The number of halogens is 2. The Balaban J connectivity index is 2.59. The van der Waals surface area contributed by atoms with E-state index in [-0.39, 0.29) is 11.2 Å². The molecule has 0 aliphatic heterocycles. The lowest BCUT2D eigenvalue weighted by atomic mass is 10.3. The van der Waals surface area contributed by atoms with Gasteiger partial charge in [0.15, 0.2) is 5.82 Å². The van der Waals surface area contributed by atoms with Gasteiger partial charge in [-0.15, -0.1) is 11.6 Å². The third-order valence-corrected chi connectivity index (χ3v) is 3.05. The molecule has 0 amide bonds. The fraction of sp³-hybridized carbons (Fsp3) is 0.462. The summed E-state index contributed by atoms with van der Waals surface area (Å²) in [4.78, 5) is 4.32. The molecule has 2 nitrogen and oxygen atoms in total. The summed E-state index contributed by atoms with van der Waals surface area (Å²) in [6.07, 6.45) is 2.13. The molecule has 0 bridgehead atoms. The van der Waals surface area contributed by atoms with Gasteiger partial charge in [0.05, 0.1) is 10.9 Å². The molecule has 0 N–H and O–H groups in total. The number of para-hydroxylation sites is 1. The number of imidazole rings is 1. The van der Waals surface area contributed by atoms with E-state index in [0.717, 1.165) is 30.7 Å². The Hall–Kier alpha value is -1.09. The minimum atomic E-state index is -0.281. The first-order chi connectivity index (χ1) is 8.15. The lowest BCUT2D eigenvalue weighted by molar-refractivity contribution is 0.616. The molecule has 0 saturated heterocycles. The van der Waals surface area contributed by atoms with Crippen molar-refractivity contribution < 1.29 is 4.39 Å². The van der Waals surface area contributed by atoms with Gasteiger partial charge in [0, 0.05) is 6.54 Å². The first-order valence-corrected chi connectivity index (χ1v) is 6.37. The summed E-state index contributed by atoms with van der Waals surface area (Å²) in [7, 11) is 0. The molecule has 17 heavy (non-hydrogen) atoms. The minimum absolute atomic E-state index is 0.210. The van der Waals surface area contributed by atoms with Crippen molar-refractivity contribution in [3.63, 3.8) is 0 Å². The molecule has 0 aliphatic carbocycles. The van der Waals surface area contributed by atoms with Crippen molar-refractivity contribution in [1.82, 2.24) is 9.55 Å². The van der Waals surface area contributed by atoms with E-state index in [0.29, 0.717) is 5.52 Å². The number of nitrogens with zero attached hydrogens (tertiary/aromatic N) is 2. The lowest BCUT2D eigenvalue weighted by Crippen LogP contribution is -2.04. The Bertz CT molecular complexity index is 519. The van der Waals surface area contributed by atoms with E-state index in [1.54, 1.807) is 6.07 Å². The number of aryl methyl sites for hydroxylation is 1. The van der Waals surface area contributed by atoms with E-state index in [9.17, 15) is 4.39 Å². The van der Waals surface area contributed by atoms with Crippen LogP contribution in [0.1, 0.15) is 37.9 Å². The quantitative estimate of drug-likeness (QED) is 0.745. The van der Waals surface area contributed by atoms with Crippen LogP contribution < -0.4 is 0 Å². The van der Waals surface area contributed by atoms with E-state index >= 15 is 0 Å². The van der Waals surface area contributed by atoms with Crippen molar-refractivity contribution in [2.75, 3.05) is 0 Å². The zero-order valence-corrected chi connectivity index (χ0v) is 10.8. The topological polar surface area (TPSA) is 17.8 Å². The summed E-state index contributed by atoms with van der Waals surface area (Å²) in [5, 5.41) is -0.210. The maximum Gasteiger partial charge on any atom is 0.151 e. The summed E-state index contributed by atoms with van der Waals surface area (Å²) in [5.41, 5.74) is 1.26. The molecule has 2 rings (SSSR count). The van der Waals surface area contributed by atoms with E-state index in [2.05, 4.69) is 11.9 Å². The Kier molecular flexibility index (Phi) is 3.67. The highest BCUT2D eigenvalue weighted by Gasteiger charge is 2.16. The number of alkyl halides is 1. The predicted molar refractivity (Wildman–Crippen MR) is 68.9 cm³/mol. The monoisotopic (exact) mass is 254 g/mol. The molecular weight excluding hydrogens is 239 g/mol. The average molecular weight is 255 g/mol. The molecule has 1 heterocycles. The normalized spacial score (nSPS) is 13.2. The van der Waals surface area contributed by atoms with Crippen molar-refractivity contribution >= 4 is 22.6 Å². The molecule has 0 radical (unpaired) electrons. The zero-order valence-electron chi connectivity index (χ0n) is 10.1. The minimum Gasteiger partial charge on any atom is -0.327 e. The molecule has 0 fully saturated rings. The highest BCUT2D eigenvalue weighted by Crippen LogP contribution is 2.26. The van der Waals surface area contributed by atoms with E-state index in [1.165, 1.54) is 6.07 Å². The Morgan fingerprint density at radius 3 is 2.88 bits per heavy atom. The average Bonchev–Trinajstić information content (AvgIpc) is 2.67. The summed E-state index contributed by atoms with van der Waals surface area (Å²) in [5.74, 6) is 0.469. The maximum atomic E-state index is 13.6. The molecule has 0 spiro atoms. The summed E-state index contributed by atoms with van der Waals surface area (Å²) < 4.78 is 15.7. The van der Waals surface area contributed by atoms with Crippen LogP contribution in [0, 0.1) is 5.82 Å². The smallest absolute Gasteiger partial charge is 0.151 e. The first-order valence-electron chi connectivity index (χ1n) is 5.94. The molecule has 92 valence electrons. The second kappa shape index (κ2) is 5.05. The predicted octanol–water partition coefficient (Wildman–Crippen LogP) is 4.28. The molecule has 4 heteroatoms. The van der Waals surface area contributed by atoms with Gasteiger partial charge in [-0.1, -0.05) is 19.4 Å². The van der Waals surface area contributed by atoms with Crippen molar-refractivity contribution in [1.29, 1.82) is 0 Å². The first kappa shape index (κ1) is 12.4. The number of fused-ring (bicyclic) bond motifs is 1. The van der Waals surface area contributed by atoms with Crippen LogP contribution in [0.4, 0.5) is 4.39 Å². The molecule has 0 saturated carbocycles. The summed E-state index contributed by atoms with van der Waals surface area (Å²) in [6, 6.07) is 5.04. The van der Waals surface area contributed by atoms with Crippen LogP contribution in [0.5, 0.6) is 0 Å². The zero-order chi connectivity index (χ0) is 12.4. The van der Waals surface area contributed by atoms with Crippen LogP contribution in [0.25, 0.3) is 11.0 Å². The molecule has 2 aromatic rings. The van der Waals surface area contributed by atoms with Crippen LogP contribution in [0.15, 0.2) is 18.2 Å². The molecule has 0 aliphatic rings. The van der Waals surface area contributed by atoms with Crippen molar-refractivity contribution in [2.45, 2.75) is 38.6 Å². The van der Waals surface area contributed by atoms with Crippen LogP contribution in [-0.2, 0) is 6.54 Å². The lowest BCUT2D eigenvalue weighted by Gasteiger charge is -2.09. The molecule has 1 atom stereocenters. The second-order valence-electron chi connectivity index (χ2n) is 4.20.